The fraction of sp³-hybridized carbons (Fsp3) is 0.538. The van der Waals surface area contributed by atoms with Gasteiger partial charge in [-0.25, -0.2) is 4.39 Å². The van der Waals surface area contributed by atoms with Gasteiger partial charge in [0, 0.05) is 17.8 Å². The van der Waals surface area contributed by atoms with Crippen molar-refractivity contribution in [2.45, 2.75) is 32.2 Å². The van der Waals surface area contributed by atoms with Crippen LogP contribution in [0, 0.1) is 11.7 Å². The summed E-state index contributed by atoms with van der Waals surface area (Å²) in [5.74, 6) is 0.762. The second-order valence-electron chi connectivity index (χ2n) is 4.35. The fourth-order valence-corrected chi connectivity index (χ4v) is 2.02. The van der Waals surface area contributed by atoms with E-state index in [1.165, 1.54) is 26.0 Å². The molecule has 0 radical (unpaired) electrons. The Labute approximate surface area is 95.8 Å². The van der Waals surface area contributed by atoms with Crippen LogP contribution >= 0.6 is 0 Å². The number of rotatable bonds is 5. The zero-order valence-electron chi connectivity index (χ0n) is 9.79. The molecule has 0 aromatic heterocycles. The number of benzene rings is 1. The largest absolute Gasteiger partial charge is 0.494 e. The van der Waals surface area contributed by atoms with Gasteiger partial charge < -0.3 is 10.1 Å². The Kier molecular flexibility index (Phi) is 3.32. The molecule has 1 N–H and O–H groups in total. The van der Waals surface area contributed by atoms with Crippen molar-refractivity contribution < 1.29 is 9.13 Å². The average molecular weight is 223 g/mol. The number of hydrogen-bond acceptors (Lipinski definition) is 2. The first-order valence-corrected chi connectivity index (χ1v) is 5.84. The molecule has 2 nitrogen and oxygen atoms in total. The molecule has 16 heavy (non-hydrogen) atoms. The normalized spacial score (nSPS) is 16.9. The summed E-state index contributed by atoms with van der Waals surface area (Å²) < 4.78 is 18.3. The molecule has 1 aromatic rings. The topological polar surface area (TPSA) is 21.3 Å². The Bertz CT molecular complexity index is 363. The van der Waals surface area contributed by atoms with Crippen LogP contribution in [-0.2, 0) is 0 Å². The minimum Gasteiger partial charge on any atom is -0.494 e. The molecule has 3 heteroatoms. The number of anilines is 1. The van der Waals surface area contributed by atoms with Gasteiger partial charge in [0.1, 0.15) is 0 Å². The quantitative estimate of drug-likeness (QED) is 0.825. The number of hydrogen-bond donors (Lipinski definition) is 1. The summed E-state index contributed by atoms with van der Waals surface area (Å²) in [5.41, 5.74) is 0.844. The number of halogens is 1. The standard InChI is InChI=1S/C13H18FNO/c1-3-12(9-4-5-9)15-10-6-7-13(16-2)11(14)8-10/h6-9,12,15H,3-5H2,1-2H3. The zero-order valence-corrected chi connectivity index (χ0v) is 9.79. The third-order valence-corrected chi connectivity index (χ3v) is 3.13. The van der Waals surface area contributed by atoms with Gasteiger partial charge in [-0.3, -0.25) is 0 Å². The van der Waals surface area contributed by atoms with E-state index in [0.717, 1.165) is 18.0 Å². The minimum absolute atomic E-state index is 0.296. The van der Waals surface area contributed by atoms with Gasteiger partial charge >= 0.3 is 0 Å². The maximum atomic E-state index is 13.5. The van der Waals surface area contributed by atoms with Gasteiger partial charge in [-0.15, -0.1) is 0 Å². The molecule has 0 saturated heterocycles. The summed E-state index contributed by atoms with van der Waals surface area (Å²) in [6.45, 7) is 2.16. The third kappa shape index (κ3) is 2.46. The summed E-state index contributed by atoms with van der Waals surface area (Å²) in [5, 5.41) is 3.39. The van der Waals surface area contributed by atoms with E-state index >= 15 is 0 Å². The maximum Gasteiger partial charge on any atom is 0.167 e. The molecule has 1 saturated carbocycles. The van der Waals surface area contributed by atoms with Gasteiger partial charge in [-0.2, -0.15) is 0 Å². The van der Waals surface area contributed by atoms with Crippen LogP contribution < -0.4 is 10.1 Å². The van der Waals surface area contributed by atoms with Crippen molar-refractivity contribution in [1.29, 1.82) is 0 Å². The molecule has 1 unspecified atom stereocenters. The minimum atomic E-state index is -0.307. The highest BCUT2D eigenvalue weighted by Crippen LogP contribution is 2.35. The van der Waals surface area contributed by atoms with Crippen LogP contribution in [0.15, 0.2) is 18.2 Å². The second-order valence-corrected chi connectivity index (χ2v) is 4.35. The van der Waals surface area contributed by atoms with Gasteiger partial charge in [-0.05, 0) is 37.3 Å². The van der Waals surface area contributed by atoms with E-state index in [1.54, 1.807) is 6.07 Å². The Morgan fingerprint density at radius 3 is 2.75 bits per heavy atom. The van der Waals surface area contributed by atoms with Crippen molar-refractivity contribution >= 4 is 5.69 Å². The second kappa shape index (κ2) is 4.73. The Balaban J connectivity index is 2.05. The Hall–Kier alpha value is -1.25. The lowest BCUT2D eigenvalue weighted by Gasteiger charge is -2.18. The highest BCUT2D eigenvalue weighted by atomic mass is 19.1. The predicted octanol–water partition coefficient (Wildman–Crippen LogP) is 3.43. The van der Waals surface area contributed by atoms with Gasteiger partial charge in [-0.1, -0.05) is 6.92 Å². The van der Waals surface area contributed by atoms with Gasteiger partial charge in [0.05, 0.1) is 7.11 Å². The number of ether oxygens (including phenoxy) is 1. The Morgan fingerprint density at radius 1 is 1.50 bits per heavy atom. The molecule has 1 atom stereocenters. The fourth-order valence-electron chi connectivity index (χ4n) is 2.02. The van der Waals surface area contributed by atoms with E-state index in [4.69, 9.17) is 4.74 Å². The molecule has 1 aliphatic carbocycles. The lowest BCUT2D eigenvalue weighted by molar-refractivity contribution is 0.386. The van der Waals surface area contributed by atoms with E-state index in [0.29, 0.717) is 11.8 Å². The summed E-state index contributed by atoms with van der Waals surface area (Å²) in [7, 11) is 1.48. The summed E-state index contributed by atoms with van der Waals surface area (Å²) >= 11 is 0. The zero-order chi connectivity index (χ0) is 11.5. The average Bonchev–Trinajstić information content (AvgIpc) is 3.10. The van der Waals surface area contributed by atoms with Gasteiger partial charge in [0.2, 0.25) is 0 Å². The smallest absolute Gasteiger partial charge is 0.167 e. The first-order valence-electron chi connectivity index (χ1n) is 5.84. The molecule has 0 amide bonds. The van der Waals surface area contributed by atoms with Gasteiger partial charge in [0.15, 0.2) is 11.6 Å². The highest BCUT2D eigenvalue weighted by Gasteiger charge is 2.29. The molecule has 88 valence electrons. The van der Waals surface area contributed by atoms with Crippen molar-refractivity contribution in [2.24, 2.45) is 5.92 Å². The molecule has 0 heterocycles. The van der Waals surface area contributed by atoms with Crippen LogP contribution in [0.1, 0.15) is 26.2 Å². The monoisotopic (exact) mass is 223 g/mol. The van der Waals surface area contributed by atoms with Crippen molar-refractivity contribution in [3.05, 3.63) is 24.0 Å². The van der Waals surface area contributed by atoms with Gasteiger partial charge in [0.25, 0.3) is 0 Å². The molecule has 2 rings (SSSR count). The predicted molar refractivity (Wildman–Crippen MR) is 63.4 cm³/mol. The van der Waals surface area contributed by atoms with Crippen LogP contribution in [0.2, 0.25) is 0 Å². The van der Waals surface area contributed by atoms with Crippen molar-refractivity contribution in [3.63, 3.8) is 0 Å². The van der Waals surface area contributed by atoms with E-state index in [2.05, 4.69) is 12.2 Å². The highest BCUT2D eigenvalue weighted by molar-refractivity contribution is 5.48. The molecule has 1 aliphatic rings. The number of methoxy groups -OCH3 is 1. The first-order chi connectivity index (χ1) is 7.74. The summed E-state index contributed by atoms with van der Waals surface area (Å²) in [4.78, 5) is 0. The molecular weight excluding hydrogens is 205 g/mol. The van der Waals surface area contributed by atoms with E-state index in [1.807, 2.05) is 6.07 Å². The molecule has 0 bridgehead atoms. The molecule has 1 fully saturated rings. The van der Waals surface area contributed by atoms with E-state index < -0.39 is 0 Å². The summed E-state index contributed by atoms with van der Waals surface area (Å²) in [6.07, 6.45) is 3.67. The molecule has 0 aliphatic heterocycles. The molecule has 0 spiro atoms. The lowest BCUT2D eigenvalue weighted by atomic mass is 10.1. The van der Waals surface area contributed by atoms with Crippen LogP contribution in [0.4, 0.5) is 10.1 Å². The number of nitrogens with one attached hydrogen (secondary N) is 1. The lowest BCUT2D eigenvalue weighted by Crippen LogP contribution is -2.20. The molecular formula is C13H18FNO. The maximum absolute atomic E-state index is 13.5. The van der Waals surface area contributed by atoms with Crippen LogP contribution in [0.25, 0.3) is 0 Å². The SMILES string of the molecule is CCC(Nc1ccc(OC)c(F)c1)C1CC1. The third-order valence-electron chi connectivity index (χ3n) is 3.13. The van der Waals surface area contributed by atoms with Crippen molar-refractivity contribution in [2.75, 3.05) is 12.4 Å². The van der Waals surface area contributed by atoms with Crippen LogP contribution in [-0.4, -0.2) is 13.2 Å². The molecule has 1 aromatic carbocycles. The van der Waals surface area contributed by atoms with E-state index in [-0.39, 0.29) is 5.82 Å². The first kappa shape index (κ1) is 11.2. The van der Waals surface area contributed by atoms with Crippen molar-refractivity contribution in [3.8, 4) is 5.75 Å². The van der Waals surface area contributed by atoms with E-state index in [9.17, 15) is 4.39 Å². The summed E-state index contributed by atoms with van der Waals surface area (Å²) in [6, 6.07) is 5.52. The Morgan fingerprint density at radius 2 is 2.25 bits per heavy atom. The van der Waals surface area contributed by atoms with Crippen LogP contribution in [0.3, 0.4) is 0 Å². The van der Waals surface area contributed by atoms with Crippen molar-refractivity contribution in [1.82, 2.24) is 0 Å². The van der Waals surface area contributed by atoms with Crippen LogP contribution in [0.5, 0.6) is 5.75 Å².